The van der Waals surface area contributed by atoms with E-state index in [0.717, 1.165) is 22.5 Å². The standard InChI is InChI=1S/C17H25F3N2O5S/c18-17(19,20)13-3-4-15-14(12-13)16(25)2-1-5-22(15)28(26,27)11-8-21(6-9-23)7-10-24/h3-4,12,16,23-25H,1-2,5-11H2. The van der Waals surface area contributed by atoms with Crippen molar-refractivity contribution in [2.75, 3.05) is 49.5 Å². The molecule has 1 atom stereocenters. The van der Waals surface area contributed by atoms with E-state index in [-0.39, 0.29) is 62.8 Å². The van der Waals surface area contributed by atoms with Crippen LogP contribution in [0.2, 0.25) is 0 Å². The third kappa shape index (κ3) is 5.57. The minimum Gasteiger partial charge on any atom is -0.395 e. The van der Waals surface area contributed by atoms with Gasteiger partial charge in [-0.1, -0.05) is 0 Å². The number of hydrogen-bond acceptors (Lipinski definition) is 6. The molecule has 0 saturated heterocycles. The number of alkyl halides is 3. The molecule has 0 spiro atoms. The maximum absolute atomic E-state index is 13.0. The highest BCUT2D eigenvalue weighted by Crippen LogP contribution is 2.39. The van der Waals surface area contributed by atoms with Gasteiger partial charge in [-0.15, -0.1) is 0 Å². The van der Waals surface area contributed by atoms with E-state index in [2.05, 4.69) is 0 Å². The number of aliphatic hydroxyl groups excluding tert-OH is 3. The van der Waals surface area contributed by atoms with Gasteiger partial charge in [0.2, 0.25) is 10.0 Å². The van der Waals surface area contributed by atoms with Crippen LogP contribution in [0.4, 0.5) is 18.9 Å². The van der Waals surface area contributed by atoms with Gasteiger partial charge in [-0.2, -0.15) is 13.2 Å². The van der Waals surface area contributed by atoms with Crippen LogP contribution < -0.4 is 4.31 Å². The minimum absolute atomic E-state index is 0.0499. The summed E-state index contributed by atoms with van der Waals surface area (Å²) >= 11 is 0. The molecule has 7 nitrogen and oxygen atoms in total. The van der Waals surface area contributed by atoms with Crippen LogP contribution in [0.3, 0.4) is 0 Å². The van der Waals surface area contributed by atoms with Crippen molar-refractivity contribution in [1.29, 1.82) is 0 Å². The predicted molar refractivity (Wildman–Crippen MR) is 97.4 cm³/mol. The lowest BCUT2D eigenvalue weighted by molar-refractivity contribution is -0.137. The van der Waals surface area contributed by atoms with Gasteiger partial charge in [0.05, 0.1) is 36.3 Å². The normalized spacial score (nSPS) is 18.2. The zero-order chi connectivity index (χ0) is 20.9. The van der Waals surface area contributed by atoms with Gasteiger partial charge in [-0.05, 0) is 31.0 Å². The van der Waals surface area contributed by atoms with Gasteiger partial charge >= 0.3 is 6.18 Å². The molecular formula is C17H25F3N2O5S. The predicted octanol–water partition coefficient (Wildman–Crippen LogP) is 0.955. The highest BCUT2D eigenvalue weighted by atomic mass is 32.2. The Bertz CT molecular complexity index is 752. The lowest BCUT2D eigenvalue weighted by Gasteiger charge is -2.27. The first-order valence-corrected chi connectivity index (χ1v) is 10.5. The molecule has 0 saturated carbocycles. The fourth-order valence-corrected chi connectivity index (χ4v) is 4.77. The van der Waals surface area contributed by atoms with E-state index in [4.69, 9.17) is 10.2 Å². The number of benzene rings is 1. The van der Waals surface area contributed by atoms with Crippen molar-refractivity contribution >= 4 is 15.7 Å². The quantitative estimate of drug-likeness (QED) is 0.572. The average Bonchev–Trinajstić information content (AvgIpc) is 2.78. The molecule has 0 fully saturated rings. The highest BCUT2D eigenvalue weighted by Gasteiger charge is 2.35. The molecular weight excluding hydrogens is 401 g/mol. The van der Waals surface area contributed by atoms with Gasteiger partial charge in [0.1, 0.15) is 0 Å². The Morgan fingerprint density at radius 2 is 1.79 bits per heavy atom. The molecule has 2 rings (SSSR count). The van der Waals surface area contributed by atoms with E-state index in [1.54, 1.807) is 4.90 Å². The molecule has 1 aromatic rings. The molecule has 3 N–H and O–H groups in total. The topological polar surface area (TPSA) is 101 Å². The fraction of sp³-hybridized carbons (Fsp3) is 0.647. The second-order valence-electron chi connectivity index (χ2n) is 6.61. The van der Waals surface area contributed by atoms with Gasteiger partial charge in [-0.3, -0.25) is 9.21 Å². The Morgan fingerprint density at radius 1 is 1.14 bits per heavy atom. The number of hydrogen-bond donors (Lipinski definition) is 3. The Kier molecular flexibility index (Phi) is 7.68. The molecule has 0 amide bonds. The van der Waals surface area contributed by atoms with E-state index in [1.807, 2.05) is 0 Å². The summed E-state index contributed by atoms with van der Waals surface area (Å²) in [5.41, 5.74) is -0.950. The van der Waals surface area contributed by atoms with Crippen molar-refractivity contribution in [3.63, 3.8) is 0 Å². The van der Waals surface area contributed by atoms with E-state index in [0.29, 0.717) is 6.42 Å². The second kappa shape index (κ2) is 9.40. The van der Waals surface area contributed by atoms with Crippen molar-refractivity contribution < 1.29 is 36.9 Å². The van der Waals surface area contributed by atoms with Crippen LogP contribution in [-0.2, 0) is 16.2 Å². The number of aliphatic hydroxyl groups is 3. The number of nitrogens with zero attached hydrogens (tertiary/aromatic N) is 2. The van der Waals surface area contributed by atoms with Gasteiger partial charge in [0.15, 0.2) is 0 Å². The van der Waals surface area contributed by atoms with E-state index < -0.39 is 27.9 Å². The van der Waals surface area contributed by atoms with Crippen LogP contribution in [0.5, 0.6) is 0 Å². The summed E-state index contributed by atoms with van der Waals surface area (Å²) in [5, 5.41) is 28.3. The van der Waals surface area contributed by atoms with Gasteiger partial charge in [-0.25, -0.2) is 8.42 Å². The summed E-state index contributed by atoms with van der Waals surface area (Å²) in [6.07, 6.45) is -5.33. The molecule has 28 heavy (non-hydrogen) atoms. The minimum atomic E-state index is -4.60. The summed E-state index contributed by atoms with van der Waals surface area (Å²) in [6.45, 7) is 0.106. The van der Waals surface area contributed by atoms with Gasteiger partial charge in [0.25, 0.3) is 0 Å². The van der Waals surface area contributed by atoms with Crippen molar-refractivity contribution in [2.45, 2.75) is 25.1 Å². The molecule has 1 aliphatic heterocycles. The second-order valence-corrected chi connectivity index (χ2v) is 8.62. The Balaban J connectivity index is 2.31. The number of anilines is 1. The van der Waals surface area contributed by atoms with Gasteiger partial charge in [0, 0.05) is 31.7 Å². The van der Waals surface area contributed by atoms with E-state index >= 15 is 0 Å². The summed E-state index contributed by atoms with van der Waals surface area (Å²) in [4.78, 5) is 1.58. The first-order valence-electron chi connectivity index (χ1n) is 8.94. The number of halogens is 3. The van der Waals surface area contributed by atoms with E-state index in [9.17, 15) is 26.7 Å². The molecule has 1 aliphatic rings. The van der Waals surface area contributed by atoms with Crippen LogP contribution in [0.1, 0.15) is 30.1 Å². The molecule has 0 aliphatic carbocycles. The van der Waals surface area contributed by atoms with Gasteiger partial charge < -0.3 is 15.3 Å². The molecule has 0 radical (unpaired) electrons. The fourth-order valence-electron chi connectivity index (χ4n) is 3.19. The number of rotatable bonds is 8. The van der Waals surface area contributed by atoms with Crippen LogP contribution in [-0.4, -0.2) is 73.8 Å². The van der Waals surface area contributed by atoms with Crippen LogP contribution >= 0.6 is 0 Å². The highest BCUT2D eigenvalue weighted by molar-refractivity contribution is 7.92. The SMILES string of the molecule is O=S(=O)(CCN(CCO)CCO)N1CCCC(O)c2cc(C(F)(F)F)ccc21. The first-order chi connectivity index (χ1) is 13.1. The summed E-state index contributed by atoms with van der Waals surface area (Å²) in [7, 11) is -3.89. The third-order valence-corrected chi connectivity index (χ3v) is 6.40. The third-order valence-electron chi connectivity index (χ3n) is 4.66. The van der Waals surface area contributed by atoms with Crippen LogP contribution in [0.15, 0.2) is 18.2 Å². The molecule has 1 unspecified atom stereocenters. The van der Waals surface area contributed by atoms with Crippen LogP contribution in [0, 0.1) is 0 Å². The number of fused-ring (bicyclic) bond motifs is 1. The van der Waals surface area contributed by atoms with Crippen LogP contribution in [0.25, 0.3) is 0 Å². The largest absolute Gasteiger partial charge is 0.416 e. The Morgan fingerprint density at radius 3 is 2.36 bits per heavy atom. The Hall–Kier alpha value is -1.40. The lowest BCUT2D eigenvalue weighted by Crippen LogP contribution is -2.40. The average molecular weight is 426 g/mol. The van der Waals surface area contributed by atoms with E-state index in [1.165, 1.54) is 0 Å². The maximum Gasteiger partial charge on any atom is 0.416 e. The maximum atomic E-state index is 13.0. The molecule has 0 bridgehead atoms. The number of sulfonamides is 1. The molecule has 0 aromatic heterocycles. The molecule has 11 heteroatoms. The summed E-state index contributed by atoms with van der Waals surface area (Å²) in [5.74, 6) is -0.330. The lowest BCUT2D eigenvalue weighted by atomic mass is 10.0. The first kappa shape index (κ1) is 22.9. The molecule has 160 valence electrons. The zero-order valence-corrected chi connectivity index (χ0v) is 16.1. The van der Waals surface area contributed by atoms with Crippen molar-refractivity contribution in [3.05, 3.63) is 29.3 Å². The summed E-state index contributed by atoms with van der Waals surface area (Å²) < 4.78 is 65.8. The van der Waals surface area contributed by atoms with Crippen molar-refractivity contribution in [3.8, 4) is 0 Å². The van der Waals surface area contributed by atoms with Crippen molar-refractivity contribution in [1.82, 2.24) is 4.90 Å². The Labute approximate surface area is 162 Å². The zero-order valence-electron chi connectivity index (χ0n) is 15.3. The smallest absolute Gasteiger partial charge is 0.395 e. The molecule has 1 heterocycles. The molecule has 1 aromatic carbocycles. The summed E-state index contributed by atoms with van der Waals surface area (Å²) in [6, 6.07) is 2.70. The monoisotopic (exact) mass is 426 g/mol. The van der Waals surface area contributed by atoms with Crippen molar-refractivity contribution in [2.24, 2.45) is 0 Å².